The minimum Gasteiger partial charge on any atom is -0.480 e. The molecule has 0 spiro atoms. The van der Waals surface area contributed by atoms with Crippen molar-refractivity contribution in [3.05, 3.63) is 82.9 Å². The first-order valence-corrected chi connectivity index (χ1v) is 17.9. The third-order valence-electron chi connectivity index (χ3n) is 9.59. The Kier molecular flexibility index (Phi) is 9.87. The van der Waals surface area contributed by atoms with E-state index in [2.05, 4.69) is 22.9 Å². The molecule has 0 aliphatic carbocycles. The number of nitrogens with zero attached hydrogens (tertiary/aromatic N) is 4. The van der Waals surface area contributed by atoms with E-state index in [0.717, 1.165) is 55.7 Å². The number of aromatic nitrogens is 2. The van der Waals surface area contributed by atoms with Gasteiger partial charge in [-0.1, -0.05) is 52.0 Å². The zero-order valence-electron chi connectivity index (χ0n) is 27.1. The number of hydrogen-bond donors (Lipinski definition) is 1. The standard InChI is InChI=1S/C35H47FN4O4S/c1-6-32-31(23-40(37-32)19-24-10-12-29(13-11-24)45(5,43)44)25-14-16-38(17-15-25)20-27-21-39(33(34(41)42)35(2,3)4)22-30(27)26-8-7-9-28(36)18-26/h7-13,18,23,25,27,30,33H,6,14-17,19-22H2,1-5H3,(H,41,42)/t27-,30+,33-/m0/s1. The number of rotatable bonds is 10. The van der Waals surface area contributed by atoms with E-state index in [4.69, 9.17) is 5.10 Å². The number of aliphatic carboxylic acids is 1. The van der Waals surface area contributed by atoms with Crippen molar-refractivity contribution >= 4 is 15.8 Å². The van der Waals surface area contributed by atoms with Crippen LogP contribution in [0.1, 0.15) is 74.8 Å². The molecule has 10 heteroatoms. The summed E-state index contributed by atoms with van der Waals surface area (Å²) < 4.78 is 39.9. The zero-order valence-corrected chi connectivity index (χ0v) is 27.9. The van der Waals surface area contributed by atoms with Crippen LogP contribution in [0.2, 0.25) is 0 Å². The molecule has 244 valence electrons. The fraction of sp³-hybridized carbons (Fsp3) is 0.543. The number of carboxylic acids is 1. The summed E-state index contributed by atoms with van der Waals surface area (Å²) in [6, 6.07) is 13.2. The number of piperidine rings is 1. The number of halogens is 1. The highest BCUT2D eigenvalue weighted by molar-refractivity contribution is 7.90. The highest BCUT2D eigenvalue weighted by atomic mass is 32.2. The normalized spacial score (nSPS) is 21.3. The van der Waals surface area contributed by atoms with Gasteiger partial charge in [-0.15, -0.1) is 0 Å². The maximum atomic E-state index is 14.3. The lowest BCUT2D eigenvalue weighted by Gasteiger charge is -2.36. The van der Waals surface area contributed by atoms with Gasteiger partial charge in [0, 0.05) is 38.0 Å². The van der Waals surface area contributed by atoms with Crippen molar-refractivity contribution in [2.24, 2.45) is 11.3 Å². The lowest BCUT2D eigenvalue weighted by atomic mass is 9.85. The number of carbonyl (C=O) groups is 1. The van der Waals surface area contributed by atoms with Gasteiger partial charge >= 0.3 is 5.97 Å². The van der Waals surface area contributed by atoms with Crippen molar-refractivity contribution in [3.8, 4) is 0 Å². The van der Waals surface area contributed by atoms with Gasteiger partial charge in [-0.2, -0.15) is 5.10 Å². The minimum atomic E-state index is -3.23. The molecule has 2 aromatic carbocycles. The van der Waals surface area contributed by atoms with E-state index in [1.54, 1.807) is 24.3 Å². The first kappa shape index (κ1) is 33.3. The second kappa shape index (κ2) is 13.3. The second-order valence-corrected chi connectivity index (χ2v) is 16.1. The van der Waals surface area contributed by atoms with Gasteiger partial charge in [-0.3, -0.25) is 14.4 Å². The number of sulfone groups is 1. The summed E-state index contributed by atoms with van der Waals surface area (Å²) in [5, 5.41) is 15.0. The third kappa shape index (κ3) is 7.84. The number of benzene rings is 2. The van der Waals surface area contributed by atoms with Gasteiger partial charge < -0.3 is 10.0 Å². The molecule has 2 aliphatic heterocycles. The molecular weight excluding hydrogens is 591 g/mol. The average molecular weight is 639 g/mol. The first-order valence-electron chi connectivity index (χ1n) is 16.0. The molecule has 5 rings (SSSR count). The molecule has 0 bridgehead atoms. The summed E-state index contributed by atoms with van der Waals surface area (Å²) in [6.45, 7) is 12.7. The Morgan fingerprint density at radius 1 is 1.09 bits per heavy atom. The molecule has 3 aromatic rings. The Morgan fingerprint density at radius 2 is 1.78 bits per heavy atom. The van der Waals surface area contributed by atoms with Gasteiger partial charge in [0.15, 0.2) is 9.84 Å². The van der Waals surface area contributed by atoms with Crippen LogP contribution in [0.3, 0.4) is 0 Å². The average Bonchev–Trinajstić information content (AvgIpc) is 3.56. The summed E-state index contributed by atoms with van der Waals surface area (Å²) in [6.07, 6.45) is 6.26. The van der Waals surface area contributed by atoms with Crippen molar-refractivity contribution in [1.29, 1.82) is 0 Å². The largest absolute Gasteiger partial charge is 0.480 e. The number of aryl methyl sites for hydroxylation is 1. The Hall–Kier alpha value is -3.08. The molecule has 8 nitrogen and oxygen atoms in total. The van der Waals surface area contributed by atoms with Crippen molar-refractivity contribution in [2.75, 3.05) is 39.0 Å². The third-order valence-corrected chi connectivity index (χ3v) is 10.7. The molecule has 0 amide bonds. The van der Waals surface area contributed by atoms with Crippen LogP contribution in [-0.4, -0.2) is 84.1 Å². The van der Waals surface area contributed by atoms with Crippen LogP contribution in [0.15, 0.2) is 59.6 Å². The Labute approximate surface area is 267 Å². The summed E-state index contributed by atoms with van der Waals surface area (Å²) in [7, 11) is -3.23. The summed E-state index contributed by atoms with van der Waals surface area (Å²) >= 11 is 0. The number of carboxylic acid groups (broad SMARTS) is 1. The van der Waals surface area contributed by atoms with Gasteiger partial charge in [0.05, 0.1) is 17.1 Å². The molecule has 3 atom stereocenters. The van der Waals surface area contributed by atoms with Crippen molar-refractivity contribution < 1.29 is 22.7 Å². The van der Waals surface area contributed by atoms with E-state index in [-0.39, 0.29) is 17.7 Å². The zero-order chi connectivity index (χ0) is 32.5. The predicted octanol–water partition coefficient (Wildman–Crippen LogP) is 5.43. The molecule has 1 N–H and O–H groups in total. The smallest absolute Gasteiger partial charge is 0.321 e. The Balaban J connectivity index is 1.26. The number of likely N-dealkylation sites (tertiary alicyclic amines) is 2. The molecule has 0 radical (unpaired) electrons. The summed E-state index contributed by atoms with van der Waals surface area (Å²) in [4.78, 5) is 17.3. The van der Waals surface area contributed by atoms with E-state index >= 15 is 0 Å². The van der Waals surface area contributed by atoms with Crippen molar-refractivity contribution in [1.82, 2.24) is 19.6 Å². The molecule has 2 fully saturated rings. The quantitative estimate of drug-likeness (QED) is 0.317. The lowest BCUT2D eigenvalue weighted by molar-refractivity contribution is -0.147. The lowest BCUT2D eigenvalue weighted by Crippen LogP contribution is -2.48. The van der Waals surface area contributed by atoms with Crippen LogP contribution in [-0.2, 0) is 27.6 Å². The monoisotopic (exact) mass is 638 g/mol. The van der Waals surface area contributed by atoms with Crippen molar-refractivity contribution in [2.45, 2.75) is 76.3 Å². The molecule has 2 saturated heterocycles. The molecule has 3 heterocycles. The molecular formula is C35H47FN4O4S. The van der Waals surface area contributed by atoms with Gasteiger partial charge in [0.25, 0.3) is 0 Å². The van der Waals surface area contributed by atoms with E-state index < -0.39 is 27.3 Å². The maximum absolute atomic E-state index is 14.3. The van der Waals surface area contributed by atoms with Gasteiger partial charge in [0.1, 0.15) is 11.9 Å². The summed E-state index contributed by atoms with van der Waals surface area (Å²) in [5.74, 6) is -0.377. The predicted molar refractivity (Wildman–Crippen MR) is 174 cm³/mol. The Bertz CT molecular complexity index is 1590. The van der Waals surface area contributed by atoms with Crippen LogP contribution in [0.5, 0.6) is 0 Å². The summed E-state index contributed by atoms with van der Waals surface area (Å²) in [5.41, 5.74) is 3.93. The Morgan fingerprint density at radius 3 is 2.36 bits per heavy atom. The van der Waals surface area contributed by atoms with Gasteiger partial charge in [0.2, 0.25) is 0 Å². The molecule has 45 heavy (non-hydrogen) atoms. The van der Waals surface area contributed by atoms with E-state index in [1.807, 2.05) is 43.7 Å². The first-order chi connectivity index (χ1) is 21.2. The second-order valence-electron chi connectivity index (χ2n) is 14.1. The SMILES string of the molecule is CCc1nn(Cc2ccc(S(C)(=O)=O)cc2)cc1C1CCN(C[C@H]2CN([C@@H](C(=O)O)C(C)(C)C)C[C@@H]2c2cccc(F)c2)CC1. The fourth-order valence-electron chi connectivity index (χ4n) is 7.45. The van der Waals surface area contributed by atoms with Crippen molar-refractivity contribution in [3.63, 3.8) is 0 Å². The number of hydrogen-bond acceptors (Lipinski definition) is 6. The maximum Gasteiger partial charge on any atom is 0.321 e. The minimum absolute atomic E-state index is 0.0686. The topological polar surface area (TPSA) is 95.7 Å². The van der Waals surface area contributed by atoms with E-state index in [1.165, 1.54) is 17.9 Å². The molecule has 2 aliphatic rings. The van der Waals surface area contributed by atoms with E-state index in [9.17, 15) is 22.7 Å². The fourth-order valence-corrected chi connectivity index (χ4v) is 8.08. The van der Waals surface area contributed by atoms with Gasteiger partial charge in [-0.25, -0.2) is 12.8 Å². The van der Waals surface area contributed by atoms with E-state index in [0.29, 0.717) is 30.4 Å². The van der Waals surface area contributed by atoms with Gasteiger partial charge in [-0.05, 0) is 90.6 Å². The van der Waals surface area contributed by atoms with Crippen LogP contribution < -0.4 is 0 Å². The van der Waals surface area contributed by atoms with Crippen LogP contribution >= 0.6 is 0 Å². The highest BCUT2D eigenvalue weighted by Gasteiger charge is 2.44. The molecule has 1 aromatic heterocycles. The molecule has 0 saturated carbocycles. The van der Waals surface area contributed by atoms with Crippen LogP contribution in [0, 0.1) is 17.2 Å². The highest BCUT2D eigenvalue weighted by Crippen LogP contribution is 2.39. The molecule has 0 unspecified atom stereocenters. The van der Waals surface area contributed by atoms with Crippen LogP contribution in [0.25, 0.3) is 0 Å². The van der Waals surface area contributed by atoms with Crippen LogP contribution in [0.4, 0.5) is 4.39 Å².